The van der Waals surface area contributed by atoms with Crippen molar-refractivity contribution < 1.29 is 0 Å². The zero-order chi connectivity index (χ0) is 7.40. The van der Waals surface area contributed by atoms with Gasteiger partial charge in [0.1, 0.15) is 0 Å². The predicted octanol–water partition coefficient (Wildman–Crippen LogP) is 3.02. The summed E-state index contributed by atoms with van der Waals surface area (Å²) in [5.74, 6) is 0.533. The van der Waals surface area contributed by atoms with Crippen LogP contribution in [0.3, 0.4) is 0 Å². The van der Waals surface area contributed by atoms with Gasteiger partial charge in [0.15, 0.2) is 0 Å². The molecule has 0 aliphatic rings. The Kier molecular flexibility index (Phi) is 2.30. The molecule has 0 atom stereocenters. The molecule has 1 nitrogen and oxygen atoms in total. The molecule has 1 aromatic rings. The van der Waals surface area contributed by atoms with Crippen LogP contribution in [0, 0.1) is 6.57 Å². The van der Waals surface area contributed by atoms with Gasteiger partial charge in [-0.1, -0.05) is 0 Å². The Labute approximate surface area is 65.1 Å². The van der Waals surface area contributed by atoms with Crippen molar-refractivity contribution in [2.45, 2.75) is 5.88 Å². The average molecular weight is 153 g/mol. The molecule has 0 saturated heterocycles. The van der Waals surface area contributed by atoms with Crippen LogP contribution in [0.5, 0.6) is 0 Å². The molecule has 0 spiro atoms. The highest BCUT2D eigenvalue weighted by atomic mass is 35.5. The average Bonchev–Trinajstić information content (AvgIpc) is 2.05. The van der Waals surface area contributed by atoms with Crippen molar-refractivity contribution >= 4 is 17.3 Å². The van der Waals surface area contributed by atoms with Crippen LogP contribution in [-0.4, -0.2) is 0 Å². The van der Waals surface area contributed by atoms with E-state index in [1.54, 1.807) is 0 Å². The van der Waals surface area contributed by atoms with Gasteiger partial charge in [0.2, 0.25) is 0 Å². The SMILES string of the molecule is C#[N+]c1ccc(CCl)cc1. The van der Waals surface area contributed by atoms with E-state index in [4.69, 9.17) is 18.2 Å². The molecule has 10 heavy (non-hydrogen) atoms. The van der Waals surface area contributed by atoms with Gasteiger partial charge in [-0.15, -0.1) is 11.6 Å². The van der Waals surface area contributed by atoms with Crippen LogP contribution in [0.1, 0.15) is 5.56 Å². The van der Waals surface area contributed by atoms with Crippen molar-refractivity contribution in [2.75, 3.05) is 0 Å². The van der Waals surface area contributed by atoms with Crippen molar-refractivity contribution in [2.24, 2.45) is 0 Å². The van der Waals surface area contributed by atoms with E-state index >= 15 is 0 Å². The first kappa shape index (κ1) is 7.11. The Bertz CT molecular complexity index is 245. The summed E-state index contributed by atoms with van der Waals surface area (Å²) in [5, 5.41) is 0. The second-order valence-corrected chi connectivity index (χ2v) is 2.20. The second-order valence-electron chi connectivity index (χ2n) is 1.93. The van der Waals surface area contributed by atoms with E-state index in [0.29, 0.717) is 5.88 Å². The molecule has 0 fully saturated rings. The van der Waals surface area contributed by atoms with Gasteiger partial charge in [-0.25, -0.2) is 0 Å². The Morgan fingerprint density at radius 2 is 1.90 bits per heavy atom. The normalized spacial score (nSPS) is 8.80. The lowest BCUT2D eigenvalue weighted by molar-refractivity contribution is 1.41. The van der Waals surface area contributed by atoms with E-state index in [-0.39, 0.29) is 0 Å². The number of rotatable bonds is 1. The maximum absolute atomic E-state index is 5.56. The number of benzene rings is 1. The largest absolute Gasteiger partial charge is 0.339 e. The highest BCUT2D eigenvalue weighted by Gasteiger charge is 1.97. The van der Waals surface area contributed by atoms with Crippen LogP contribution >= 0.6 is 11.6 Å². The Morgan fingerprint density at radius 3 is 2.30 bits per heavy atom. The lowest BCUT2D eigenvalue weighted by atomic mass is 10.2. The van der Waals surface area contributed by atoms with Crippen molar-refractivity contribution in [1.29, 1.82) is 0 Å². The summed E-state index contributed by atoms with van der Waals surface area (Å²) in [6.07, 6.45) is 0. The van der Waals surface area contributed by atoms with Crippen LogP contribution in [0.15, 0.2) is 24.3 Å². The maximum atomic E-state index is 5.56. The summed E-state index contributed by atoms with van der Waals surface area (Å²) >= 11 is 5.56. The third-order valence-electron chi connectivity index (χ3n) is 1.24. The van der Waals surface area contributed by atoms with Crippen molar-refractivity contribution in [3.8, 4) is 6.57 Å². The van der Waals surface area contributed by atoms with Crippen LogP contribution < -0.4 is 0 Å². The van der Waals surface area contributed by atoms with E-state index in [1.807, 2.05) is 24.3 Å². The van der Waals surface area contributed by atoms with Crippen molar-refractivity contribution in [1.82, 2.24) is 0 Å². The van der Waals surface area contributed by atoms with Gasteiger partial charge < -0.3 is 0 Å². The monoisotopic (exact) mass is 152 g/mol. The zero-order valence-corrected chi connectivity index (χ0v) is 6.17. The fourth-order valence-electron chi connectivity index (χ4n) is 0.671. The Morgan fingerprint density at radius 1 is 1.30 bits per heavy atom. The van der Waals surface area contributed by atoms with Gasteiger partial charge >= 0.3 is 5.69 Å². The standard InChI is InChI=1S/C8H7ClN/c1-10-8-4-2-7(6-9)3-5-8/h1-5H,6H2/q+1. The molecule has 0 bridgehead atoms. The summed E-state index contributed by atoms with van der Waals surface area (Å²) in [7, 11) is 0. The Hall–Kier alpha value is -1.00. The van der Waals surface area contributed by atoms with Gasteiger partial charge in [0, 0.05) is 18.0 Å². The third-order valence-corrected chi connectivity index (χ3v) is 1.55. The number of hydrogen-bond acceptors (Lipinski definition) is 0. The number of hydrogen-bond donors (Lipinski definition) is 0. The molecule has 1 rings (SSSR count). The number of nitrogens with zero attached hydrogens (tertiary/aromatic N) is 1. The minimum atomic E-state index is 0.533. The molecule has 0 aromatic heterocycles. The molecule has 0 aliphatic carbocycles. The summed E-state index contributed by atoms with van der Waals surface area (Å²) in [6.45, 7) is 5.03. The molecule has 1 aromatic carbocycles. The van der Waals surface area contributed by atoms with E-state index in [1.165, 1.54) is 0 Å². The van der Waals surface area contributed by atoms with Gasteiger partial charge in [-0.3, -0.25) is 0 Å². The summed E-state index contributed by atoms with van der Waals surface area (Å²) in [4.78, 5) is 3.50. The predicted molar refractivity (Wildman–Crippen MR) is 44.0 cm³/mol. The summed E-state index contributed by atoms with van der Waals surface area (Å²) in [5.41, 5.74) is 1.85. The first-order valence-corrected chi connectivity index (χ1v) is 3.46. The fraction of sp³-hybridized carbons (Fsp3) is 0.125. The lowest BCUT2D eigenvalue weighted by Gasteiger charge is -1.87. The van der Waals surface area contributed by atoms with Crippen LogP contribution in [0.2, 0.25) is 0 Å². The first-order valence-electron chi connectivity index (χ1n) is 2.92. The lowest BCUT2D eigenvalue weighted by Crippen LogP contribution is -1.72. The van der Waals surface area contributed by atoms with E-state index in [0.717, 1.165) is 11.3 Å². The molecule has 0 unspecified atom stereocenters. The molecule has 0 N–H and O–H groups in total. The quantitative estimate of drug-likeness (QED) is 0.545. The first-order chi connectivity index (χ1) is 4.86. The fourth-order valence-corrected chi connectivity index (χ4v) is 0.849. The minimum absolute atomic E-state index is 0.533. The van der Waals surface area contributed by atoms with Crippen molar-refractivity contribution in [3.63, 3.8) is 0 Å². The van der Waals surface area contributed by atoms with E-state index < -0.39 is 0 Å². The second kappa shape index (κ2) is 3.24. The van der Waals surface area contributed by atoms with E-state index in [9.17, 15) is 0 Å². The number of halogens is 1. The summed E-state index contributed by atoms with van der Waals surface area (Å²) in [6, 6.07) is 7.47. The third kappa shape index (κ3) is 1.49. The Balaban J connectivity index is 2.93. The molecule has 50 valence electrons. The highest BCUT2D eigenvalue weighted by Crippen LogP contribution is 2.13. The molecular formula is C8H7ClN+. The van der Waals surface area contributed by atoms with Gasteiger partial charge in [0.25, 0.3) is 6.57 Å². The van der Waals surface area contributed by atoms with Crippen LogP contribution in [0.4, 0.5) is 5.69 Å². The van der Waals surface area contributed by atoms with Crippen molar-refractivity contribution in [3.05, 3.63) is 34.7 Å². The highest BCUT2D eigenvalue weighted by molar-refractivity contribution is 6.17. The molecule has 2 heteroatoms. The van der Waals surface area contributed by atoms with Gasteiger partial charge in [-0.05, 0) is 22.5 Å². The maximum Gasteiger partial charge on any atom is 0.339 e. The number of alkyl halides is 1. The molecular weight excluding hydrogens is 146 g/mol. The summed E-state index contributed by atoms with van der Waals surface area (Å²) < 4.78 is 0. The van der Waals surface area contributed by atoms with Crippen LogP contribution in [-0.2, 0) is 5.88 Å². The molecule has 0 saturated carbocycles. The topological polar surface area (TPSA) is 4.36 Å². The smallest absolute Gasteiger partial charge is 0.122 e. The van der Waals surface area contributed by atoms with E-state index in [2.05, 4.69) is 4.85 Å². The van der Waals surface area contributed by atoms with Gasteiger partial charge in [-0.2, -0.15) is 0 Å². The molecule has 0 aliphatic heterocycles. The van der Waals surface area contributed by atoms with Gasteiger partial charge in [0.05, 0.1) is 0 Å². The zero-order valence-electron chi connectivity index (χ0n) is 5.42. The van der Waals surface area contributed by atoms with Crippen LogP contribution in [0.25, 0.3) is 4.85 Å². The minimum Gasteiger partial charge on any atom is -0.122 e. The molecule has 0 amide bonds. The molecule has 0 heterocycles. The molecule has 0 radical (unpaired) electrons.